The second-order valence-corrected chi connectivity index (χ2v) is 6.15. The number of nitrogens with one attached hydrogen (secondary N) is 1. The van der Waals surface area contributed by atoms with E-state index < -0.39 is 0 Å². The van der Waals surface area contributed by atoms with E-state index in [1.807, 2.05) is 0 Å². The van der Waals surface area contributed by atoms with Gasteiger partial charge in [0.05, 0.1) is 7.11 Å². The summed E-state index contributed by atoms with van der Waals surface area (Å²) < 4.78 is 5.45. The fourth-order valence-electron chi connectivity index (χ4n) is 3.90. The van der Waals surface area contributed by atoms with Crippen molar-refractivity contribution in [2.24, 2.45) is 0 Å². The van der Waals surface area contributed by atoms with Crippen LogP contribution >= 0.6 is 0 Å². The van der Waals surface area contributed by atoms with Crippen molar-refractivity contribution in [2.45, 2.75) is 45.2 Å². The molecule has 1 N–H and O–H groups in total. The fraction of sp³-hybridized carbons (Fsp3) is 0.647. The van der Waals surface area contributed by atoms with Gasteiger partial charge < -0.3 is 10.1 Å². The molecule has 2 saturated heterocycles. The molecule has 0 spiro atoms. The first-order valence-electron chi connectivity index (χ1n) is 7.83. The van der Waals surface area contributed by atoms with Gasteiger partial charge in [0.1, 0.15) is 5.75 Å². The van der Waals surface area contributed by atoms with E-state index >= 15 is 0 Å². The van der Waals surface area contributed by atoms with Crippen LogP contribution in [0, 0.1) is 13.8 Å². The van der Waals surface area contributed by atoms with Gasteiger partial charge in [-0.2, -0.15) is 0 Å². The third-order valence-electron chi connectivity index (χ3n) is 5.17. The van der Waals surface area contributed by atoms with Crippen LogP contribution in [0.25, 0.3) is 0 Å². The van der Waals surface area contributed by atoms with E-state index in [2.05, 4.69) is 36.2 Å². The van der Waals surface area contributed by atoms with Gasteiger partial charge in [0.2, 0.25) is 0 Å². The minimum absolute atomic E-state index is 0.598. The first-order chi connectivity index (χ1) is 9.72. The summed E-state index contributed by atoms with van der Waals surface area (Å²) >= 11 is 0. The molecule has 2 heterocycles. The molecule has 0 saturated carbocycles. The molecule has 3 rings (SSSR count). The molecular weight excluding hydrogens is 248 g/mol. The standard InChI is InChI=1S/C17H26N2O/c1-12-13(2)17(20-3)8-7-15(12)16-6-4-5-14-11-18-9-10-19(14)16/h7-8,14,16,18H,4-6,9-11H2,1-3H3/t14-,16+/m0/s1. The van der Waals surface area contributed by atoms with Crippen LogP contribution in [-0.2, 0) is 0 Å². The molecular formula is C17H26N2O. The van der Waals surface area contributed by atoms with Crippen molar-refractivity contribution in [3.8, 4) is 5.75 Å². The summed E-state index contributed by atoms with van der Waals surface area (Å²) in [5, 5.41) is 3.54. The van der Waals surface area contributed by atoms with Crippen LogP contribution in [0.5, 0.6) is 5.75 Å². The fourth-order valence-corrected chi connectivity index (χ4v) is 3.90. The van der Waals surface area contributed by atoms with Crippen LogP contribution in [0.3, 0.4) is 0 Å². The predicted molar refractivity (Wildman–Crippen MR) is 82.4 cm³/mol. The summed E-state index contributed by atoms with van der Waals surface area (Å²) in [7, 11) is 1.76. The maximum Gasteiger partial charge on any atom is 0.122 e. The number of ether oxygens (including phenoxy) is 1. The molecule has 0 aliphatic carbocycles. The van der Waals surface area contributed by atoms with E-state index in [-0.39, 0.29) is 0 Å². The Labute approximate surface area is 122 Å². The van der Waals surface area contributed by atoms with Crippen LogP contribution in [0.4, 0.5) is 0 Å². The zero-order valence-corrected chi connectivity index (χ0v) is 12.9. The van der Waals surface area contributed by atoms with Gasteiger partial charge in [0.15, 0.2) is 0 Å². The van der Waals surface area contributed by atoms with Gasteiger partial charge in [-0.15, -0.1) is 0 Å². The summed E-state index contributed by atoms with van der Waals surface area (Å²) in [5.41, 5.74) is 4.21. The molecule has 3 heteroatoms. The van der Waals surface area contributed by atoms with Crippen LogP contribution in [0.2, 0.25) is 0 Å². The lowest BCUT2D eigenvalue weighted by Gasteiger charge is -2.46. The van der Waals surface area contributed by atoms with Crippen LogP contribution in [0.1, 0.15) is 42.0 Å². The Kier molecular flexibility index (Phi) is 3.99. The SMILES string of the molecule is COc1ccc([C@H]2CCC[C@H]3CNCCN32)c(C)c1C. The van der Waals surface area contributed by atoms with Gasteiger partial charge in [-0.3, -0.25) is 4.90 Å². The summed E-state index contributed by atoms with van der Waals surface area (Å²) in [4.78, 5) is 2.73. The van der Waals surface area contributed by atoms with Crippen molar-refractivity contribution in [1.29, 1.82) is 0 Å². The van der Waals surface area contributed by atoms with Gasteiger partial charge in [0.25, 0.3) is 0 Å². The number of methoxy groups -OCH3 is 1. The third kappa shape index (κ3) is 2.33. The monoisotopic (exact) mass is 274 g/mol. The van der Waals surface area contributed by atoms with Gasteiger partial charge in [0, 0.05) is 31.7 Å². The van der Waals surface area contributed by atoms with Gasteiger partial charge in [-0.05, 0) is 55.9 Å². The number of fused-ring (bicyclic) bond motifs is 1. The van der Waals surface area contributed by atoms with E-state index in [1.54, 1.807) is 7.11 Å². The number of nitrogens with zero attached hydrogens (tertiary/aromatic N) is 1. The maximum absolute atomic E-state index is 5.45. The molecule has 2 fully saturated rings. The topological polar surface area (TPSA) is 24.5 Å². The lowest BCUT2D eigenvalue weighted by atomic mass is 9.86. The van der Waals surface area contributed by atoms with Gasteiger partial charge >= 0.3 is 0 Å². The molecule has 110 valence electrons. The van der Waals surface area contributed by atoms with Gasteiger partial charge in [-0.1, -0.05) is 6.07 Å². The average Bonchev–Trinajstić information content (AvgIpc) is 2.50. The van der Waals surface area contributed by atoms with E-state index in [0.29, 0.717) is 6.04 Å². The Morgan fingerprint density at radius 3 is 2.85 bits per heavy atom. The minimum atomic E-state index is 0.598. The normalized spacial score (nSPS) is 27.1. The van der Waals surface area contributed by atoms with Crippen molar-refractivity contribution in [3.05, 3.63) is 28.8 Å². The highest BCUT2D eigenvalue weighted by atomic mass is 16.5. The van der Waals surface area contributed by atoms with E-state index in [0.717, 1.165) is 24.9 Å². The second kappa shape index (κ2) is 5.74. The number of rotatable bonds is 2. The molecule has 0 aromatic heterocycles. The van der Waals surface area contributed by atoms with E-state index in [9.17, 15) is 0 Å². The molecule has 0 unspecified atom stereocenters. The predicted octanol–water partition coefficient (Wildman–Crippen LogP) is 2.81. The molecule has 0 amide bonds. The van der Waals surface area contributed by atoms with Crippen molar-refractivity contribution in [2.75, 3.05) is 26.7 Å². The van der Waals surface area contributed by atoms with E-state index in [1.165, 1.54) is 42.5 Å². The molecule has 2 aliphatic rings. The molecule has 2 atom stereocenters. The summed E-state index contributed by atoms with van der Waals surface area (Å²) in [6.07, 6.45) is 3.98. The highest BCUT2D eigenvalue weighted by Crippen LogP contribution is 2.38. The smallest absolute Gasteiger partial charge is 0.122 e. The minimum Gasteiger partial charge on any atom is -0.496 e. The third-order valence-corrected chi connectivity index (χ3v) is 5.17. The number of piperidine rings is 1. The summed E-state index contributed by atoms with van der Waals surface area (Å²) in [6, 6.07) is 5.75. The number of piperazine rings is 1. The first-order valence-corrected chi connectivity index (χ1v) is 7.83. The molecule has 3 nitrogen and oxygen atoms in total. The van der Waals surface area contributed by atoms with Crippen molar-refractivity contribution < 1.29 is 4.74 Å². The van der Waals surface area contributed by atoms with Crippen LogP contribution in [-0.4, -0.2) is 37.7 Å². The lowest BCUT2D eigenvalue weighted by Crippen LogP contribution is -2.54. The van der Waals surface area contributed by atoms with E-state index in [4.69, 9.17) is 4.74 Å². The Hall–Kier alpha value is -1.06. The highest BCUT2D eigenvalue weighted by molar-refractivity contribution is 5.45. The van der Waals surface area contributed by atoms with Crippen molar-refractivity contribution in [3.63, 3.8) is 0 Å². The quantitative estimate of drug-likeness (QED) is 0.897. The maximum atomic E-state index is 5.45. The summed E-state index contributed by atoms with van der Waals surface area (Å²) in [5.74, 6) is 1.01. The molecule has 20 heavy (non-hydrogen) atoms. The zero-order valence-electron chi connectivity index (χ0n) is 12.9. The molecule has 1 aromatic carbocycles. The Morgan fingerprint density at radius 2 is 2.05 bits per heavy atom. The molecule has 0 bridgehead atoms. The number of benzene rings is 1. The average molecular weight is 274 g/mol. The van der Waals surface area contributed by atoms with Crippen LogP contribution < -0.4 is 10.1 Å². The Balaban J connectivity index is 1.93. The summed E-state index contributed by atoms with van der Waals surface area (Å²) in [6.45, 7) is 7.89. The van der Waals surface area contributed by atoms with Crippen molar-refractivity contribution >= 4 is 0 Å². The number of hydrogen-bond acceptors (Lipinski definition) is 3. The molecule has 1 aromatic rings. The van der Waals surface area contributed by atoms with Crippen molar-refractivity contribution in [1.82, 2.24) is 10.2 Å². The second-order valence-electron chi connectivity index (χ2n) is 6.15. The number of hydrogen-bond donors (Lipinski definition) is 1. The molecule has 0 radical (unpaired) electrons. The Morgan fingerprint density at radius 1 is 1.20 bits per heavy atom. The first kappa shape index (κ1) is 13.9. The van der Waals surface area contributed by atoms with Crippen LogP contribution in [0.15, 0.2) is 12.1 Å². The largest absolute Gasteiger partial charge is 0.496 e. The van der Waals surface area contributed by atoms with Gasteiger partial charge in [-0.25, -0.2) is 0 Å². The lowest BCUT2D eigenvalue weighted by molar-refractivity contribution is 0.0615. The molecule has 2 aliphatic heterocycles. The highest BCUT2D eigenvalue weighted by Gasteiger charge is 2.33. The Bertz CT molecular complexity index is 484. The zero-order chi connectivity index (χ0) is 14.1.